The first-order valence-corrected chi connectivity index (χ1v) is 4.33. The van der Waals surface area contributed by atoms with E-state index in [-0.39, 0.29) is 12.2 Å². The van der Waals surface area contributed by atoms with Crippen molar-refractivity contribution in [2.24, 2.45) is 0 Å². The van der Waals surface area contributed by atoms with Gasteiger partial charge in [0.25, 0.3) is 0 Å². The zero-order valence-corrected chi connectivity index (χ0v) is 7.54. The molecular weight excluding hydrogens is 190 g/mol. The SMILES string of the molecule is O=C1NC[C@H](c2cccc(Cl)c2)O1. The average Bonchev–Trinajstić information content (AvgIpc) is 2.52. The number of carbonyl (C=O) groups excluding carboxylic acids is 1. The van der Waals surface area contributed by atoms with Gasteiger partial charge in [-0.2, -0.15) is 0 Å². The lowest BCUT2D eigenvalue weighted by Crippen LogP contribution is -2.12. The first-order chi connectivity index (χ1) is 6.25. The molecule has 0 bridgehead atoms. The third-order valence-corrected chi connectivity index (χ3v) is 2.14. The van der Waals surface area contributed by atoms with E-state index in [0.717, 1.165) is 5.56 Å². The normalized spacial score (nSPS) is 21.0. The van der Waals surface area contributed by atoms with Crippen LogP contribution in [0.2, 0.25) is 5.02 Å². The number of ether oxygens (including phenoxy) is 1. The molecule has 1 aromatic carbocycles. The average molecular weight is 198 g/mol. The van der Waals surface area contributed by atoms with Gasteiger partial charge in [0.15, 0.2) is 0 Å². The Hall–Kier alpha value is -1.22. The van der Waals surface area contributed by atoms with Gasteiger partial charge in [-0.15, -0.1) is 0 Å². The Kier molecular flexibility index (Phi) is 2.10. The minimum absolute atomic E-state index is 0.203. The molecule has 1 aliphatic rings. The predicted molar refractivity (Wildman–Crippen MR) is 48.7 cm³/mol. The Morgan fingerprint density at radius 2 is 2.38 bits per heavy atom. The van der Waals surface area contributed by atoms with Crippen molar-refractivity contribution < 1.29 is 9.53 Å². The molecule has 2 rings (SSSR count). The van der Waals surface area contributed by atoms with E-state index in [9.17, 15) is 4.79 Å². The molecule has 1 fully saturated rings. The highest BCUT2D eigenvalue weighted by molar-refractivity contribution is 6.30. The summed E-state index contributed by atoms with van der Waals surface area (Å²) in [6, 6.07) is 7.31. The monoisotopic (exact) mass is 197 g/mol. The summed E-state index contributed by atoms with van der Waals surface area (Å²) in [4.78, 5) is 10.7. The van der Waals surface area contributed by atoms with Gasteiger partial charge in [0.1, 0.15) is 6.10 Å². The Morgan fingerprint density at radius 3 is 3.00 bits per heavy atom. The second kappa shape index (κ2) is 3.26. The lowest BCUT2D eigenvalue weighted by molar-refractivity contribution is 0.141. The molecule has 3 nitrogen and oxygen atoms in total. The number of hydrogen-bond donors (Lipinski definition) is 1. The number of carbonyl (C=O) groups is 1. The lowest BCUT2D eigenvalue weighted by Gasteiger charge is -2.07. The zero-order chi connectivity index (χ0) is 9.26. The minimum atomic E-state index is -0.370. The van der Waals surface area contributed by atoms with E-state index in [1.807, 2.05) is 12.1 Å². The van der Waals surface area contributed by atoms with Crippen LogP contribution < -0.4 is 5.32 Å². The van der Waals surface area contributed by atoms with Crippen molar-refractivity contribution in [1.82, 2.24) is 5.32 Å². The predicted octanol–water partition coefficient (Wildman–Crippen LogP) is 2.12. The molecule has 4 heteroatoms. The molecule has 1 aliphatic heterocycles. The number of cyclic esters (lactones) is 1. The fraction of sp³-hybridized carbons (Fsp3) is 0.222. The number of hydrogen-bond acceptors (Lipinski definition) is 2. The Balaban J connectivity index is 2.21. The molecule has 0 aliphatic carbocycles. The van der Waals surface area contributed by atoms with Crippen LogP contribution in [0.3, 0.4) is 0 Å². The summed E-state index contributed by atoms with van der Waals surface area (Å²) >= 11 is 5.80. The maximum absolute atomic E-state index is 10.7. The molecule has 1 amide bonds. The van der Waals surface area contributed by atoms with E-state index < -0.39 is 0 Å². The van der Waals surface area contributed by atoms with Crippen molar-refractivity contribution in [2.75, 3.05) is 6.54 Å². The summed E-state index contributed by atoms with van der Waals surface area (Å²) in [6.07, 6.45) is -0.573. The largest absolute Gasteiger partial charge is 0.439 e. The maximum atomic E-state index is 10.7. The first kappa shape index (κ1) is 8.38. The summed E-state index contributed by atoms with van der Waals surface area (Å²) < 4.78 is 4.99. The van der Waals surface area contributed by atoms with Gasteiger partial charge in [-0.25, -0.2) is 4.79 Å². The smallest absolute Gasteiger partial charge is 0.407 e. The van der Waals surface area contributed by atoms with Gasteiger partial charge in [0.05, 0.1) is 6.54 Å². The summed E-state index contributed by atoms with van der Waals surface area (Å²) in [5.41, 5.74) is 0.922. The van der Waals surface area contributed by atoms with Crippen LogP contribution in [0.1, 0.15) is 11.7 Å². The van der Waals surface area contributed by atoms with E-state index in [0.29, 0.717) is 11.6 Å². The Morgan fingerprint density at radius 1 is 1.54 bits per heavy atom. The highest BCUT2D eigenvalue weighted by Crippen LogP contribution is 2.22. The molecule has 0 aromatic heterocycles. The van der Waals surface area contributed by atoms with E-state index in [4.69, 9.17) is 16.3 Å². The zero-order valence-electron chi connectivity index (χ0n) is 6.79. The van der Waals surface area contributed by atoms with Gasteiger partial charge in [-0.3, -0.25) is 0 Å². The van der Waals surface area contributed by atoms with Crippen LogP contribution in [0.25, 0.3) is 0 Å². The van der Waals surface area contributed by atoms with Gasteiger partial charge >= 0.3 is 6.09 Å². The third-order valence-electron chi connectivity index (χ3n) is 1.90. The van der Waals surface area contributed by atoms with Gasteiger partial charge in [-0.05, 0) is 17.7 Å². The molecule has 0 spiro atoms. The number of alkyl carbamates (subject to hydrolysis) is 1. The fourth-order valence-electron chi connectivity index (χ4n) is 1.28. The molecule has 68 valence electrons. The highest BCUT2D eigenvalue weighted by atomic mass is 35.5. The van der Waals surface area contributed by atoms with Crippen molar-refractivity contribution in [3.63, 3.8) is 0 Å². The molecule has 0 radical (unpaired) electrons. The number of nitrogens with one attached hydrogen (secondary N) is 1. The molecule has 0 saturated carbocycles. The van der Waals surface area contributed by atoms with Crippen LogP contribution in [0.5, 0.6) is 0 Å². The molecule has 1 atom stereocenters. The van der Waals surface area contributed by atoms with Crippen LogP contribution in [-0.4, -0.2) is 12.6 Å². The second-order valence-electron chi connectivity index (χ2n) is 2.83. The minimum Gasteiger partial charge on any atom is -0.439 e. The lowest BCUT2D eigenvalue weighted by atomic mass is 10.1. The van der Waals surface area contributed by atoms with Crippen molar-refractivity contribution in [3.05, 3.63) is 34.9 Å². The molecule has 1 heterocycles. The number of amides is 1. The van der Waals surface area contributed by atoms with Crippen LogP contribution in [0, 0.1) is 0 Å². The molecule has 1 saturated heterocycles. The highest BCUT2D eigenvalue weighted by Gasteiger charge is 2.23. The van der Waals surface area contributed by atoms with Crippen LogP contribution in [-0.2, 0) is 4.74 Å². The number of benzene rings is 1. The first-order valence-electron chi connectivity index (χ1n) is 3.95. The molecule has 0 unspecified atom stereocenters. The Bertz CT molecular complexity index is 340. The standard InChI is InChI=1S/C9H8ClNO2/c10-7-3-1-2-6(4-7)8-5-11-9(12)13-8/h1-4,8H,5H2,(H,11,12)/t8-/m1/s1. The van der Waals surface area contributed by atoms with Crippen molar-refractivity contribution in [1.29, 1.82) is 0 Å². The molecule has 13 heavy (non-hydrogen) atoms. The third kappa shape index (κ3) is 1.75. The summed E-state index contributed by atoms with van der Waals surface area (Å²) in [7, 11) is 0. The van der Waals surface area contributed by atoms with E-state index in [2.05, 4.69) is 5.32 Å². The second-order valence-corrected chi connectivity index (χ2v) is 3.27. The maximum Gasteiger partial charge on any atom is 0.407 e. The molecular formula is C9H8ClNO2. The van der Waals surface area contributed by atoms with E-state index in [1.165, 1.54) is 0 Å². The Labute approximate surface area is 80.6 Å². The number of rotatable bonds is 1. The van der Waals surface area contributed by atoms with Crippen molar-refractivity contribution >= 4 is 17.7 Å². The van der Waals surface area contributed by atoms with Gasteiger partial charge in [0, 0.05) is 5.02 Å². The molecule has 1 N–H and O–H groups in total. The summed E-state index contributed by atoms with van der Waals surface area (Å²) in [5, 5.41) is 3.24. The van der Waals surface area contributed by atoms with E-state index in [1.54, 1.807) is 12.1 Å². The quantitative estimate of drug-likeness (QED) is 0.749. The summed E-state index contributed by atoms with van der Waals surface area (Å²) in [5.74, 6) is 0. The van der Waals surface area contributed by atoms with Crippen LogP contribution in [0.4, 0.5) is 4.79 Å². The van der Waals surface area contributed by atoms with E-state index >= 15 is 0 Å². The fourth-order valence-corrected chi connectivity index (χ4v) is 1.48. The summed E-state index contributed by atoms with van der Waals surface area (Å²) in [6.45, 7) is 0.513. The van der Waals surface area contributed by atoms with Crippen molar-refractivity contribution in [3.8, 4) is 0 Å². The topological polar surface area (TPSA) is 38.3 Å². The van der Waals surface area contributed by atoms with Crippen LogP contribution in [0.15, 0.2) is 24.3 Å². The number of halogens is 1. The van der Waals surface area contributed by atoms with Gasteiger partial charge < -0.3 is 10.1 Å². The van der Waals surface area contributed by atoms with Crippen LogP contribution >= 0.6 is 11.6 Å². The van der Waals surface area contributed by atoms with Crippen molar-refractivity contribution in [2.45, 2.75) is 6.10 Å². The molecule has 1 aromatic rings. The van der Waals surface area contributed by atoms with Gasteiger partial charge in [-0.1, -0.05) is 23.7 Å². The van der Waals surface area contributed by atoms with Gasteiger partial charge in [0.2, 0.25) is 0 Å².